The van der Waals surface area contributed by atoms with Crippen LogP contribution in [-0.2, 0) is 24.8 Å². The quantitative estimate of drug-likeness (QED) is 0.774. The molecule has 0 radical (unpaired) electrons. The van der Waals surface area contributed by atoms with Crippen LogP contribution in [0.4, 0.5) is 16.2 Å². The molecule has 0 bridgehead atoms. The Morgan fingerprint density at radius 3 is 2.64 bits per heavy atom. The Hall–Kier alpha value is -3.03. The van der Waals surface area contributed by atoms with Gasteiger partial charge in [0.05, 0.1) is 23.6 Å². The highest BCUT2D eigenvalue weighted by Gasteiger charge is 2.31. The van der Waals surface area contributed by atoms with Gasteiger partial charge in [0.15, 0.2) is 0 Å². The maximum Gasteiger partial charge on any atom is 0.410 e. The van der Waals surface area contributed by atoms with Crippen LogP contribution in [0.3, 0.4) is 0 Å². The molecule has 1 aliphatic rings. The summed E-state index contributed by atoms with van der Waals surface area (Å²) < 4.78 is 7.02. The fourth-order valence-corrected chi connectivity index (χ4v) is 3.25. The number of amides is 2. The van der Waals surface area contributed by atoms with Gasteiger partial charge in [-0.2, -0.15) is 5.10 Å². The summed E-state index contributed by atoms with van der Waals surface area (Å²) in [6, 6.07) is 5.46. The second kappa shape index (κ2) is 7.18. The Morgan fingerprint density at radius 1 is 1.29 bits per heavy atom. The van der Waals surface area contributed by atoms with Crippen LogP contribution in [0, 0.1) is 6.92 Å². The largest absolute Gasteiger partial charge is 0.444 e. The van der Waals surface area contributed by atoms with Crippen LogP contribution in [0.15, 0.2) is 18.2 Å². The number of carbonyl (C=O) groups is 2. The van der Waals surface area contributed by atoms with Gasteiger partial charge in [0.2, 0.25) is 0 Å². The summed E-state index contributed by atoms with van der Waals surface area (Å²) in [7, 11) is 1.73. The molecule has 0 aliphatic carbocycles. The normalized spacial score (nSPS) is 13.8. The van der Waals surface area contributed by atoms with Crippen LogP contribution in [0.5, 0.6) is 0 Å². The first-order valence-electron chi connectivity index (χ1n) is 9.25. The van der Waals surface area contributed by atoms with Gasteiger partial charge in [-0.15, -0.1) is 0 Å². The number of fused-ring (bicyclic) bond motifs is 1. The smallest absolute Gasteiger partial charge is 0.410 e. The molecule has 0 saturated heterocycles. The topological polar surface area (TPSA) is 102 Å². The Morgan fingerprint density at radius 2 is 2.00 bits per heavy atom. The number of rotatable bonds is 2. The highest BCUT2D eigenvalue weighted by atomic mass is 16.6. The van der Waals surface area contributed by atoms with Crippen molar-refractivity contribution in [2.45, 2.75) is 46.3 Å². The minimum Gasteiger partial charge on any atom is -0.444 e. The van der Waals surface area contributed by atoms with E-state index in [1.54, 1.807) is 28.8 Å². The first kappa shape index (κ1) is 19.7. The van der Waals surface area contributed by atoms with E-state index in [9.17, 15) is 9.59 Å². The van der Waals surface area contributed by atoms with Gasteiger partial charge in [-0.25, -0.2) is 4.79 Å². The van der Waals surface area contributed by atoms with E-state index in [4.69, 9.17) is 10.5 Å². The maximum atomic E-state index is 12.9. The number of benzene rings is 1. The number of anilines is 2. The van der Waals surface area contributed by atoms with Crippen molar-refractivity contribution in [3.63, 3.8) is 0 Å². The average molecular weight is 385 g/mol. The van der Waals surface area contributed by atoms with Crippen molar-refractivity contribution >= 4 is 23.4 Å². The zero-order chi connectivity index (χ0) is 20.6. The number of nitrogens with one attached hydrogen (secondary N) is 1. The summed E-state index contributed by atoms with van der Waals surface area (Å²) >= 11 is 0. The van der Waals surface area contributed by atoms with E-state index in [0.717, 1.165) is 16.8 Å². The number of nitrogen functional groups attached to an aromatic ring is 1. The van der Waals surface area contributed by atoms with Crippen molar-refractivity contribution in [1.29, 1.82) is 0 Å². The molecule has 2 amide bonds. The van der Waals surface area contributed by atoms with E-state index >= 15 is 0 Å². The monoisotopic (exact) mass is 385 g/mol. The highest BCUT2D eigenvalue weighted by Crippen LogP contribution is 2.26. The molecule has 8 nitrogen and oxygen atoms in total. The number of nitrogens with two attached hydrogens (primary N) is 1. The summed E-state index contributed by atoms with van der Waals surface area (Å²) in [4.78, 5) is 27.0. The predicted molar refractivity (Wildman–Crippen MR) is 107 cm³/mol. The Balaban J connectivity index is 1.83. The lowest BCUT2D eigenvalue weighted by Gasteiger charge is -2.29. The lowest BCUT2D eigenvalue weighted by molar-refractivity contribution is 0.0222. The van der Waals surface area contributed by atoms with E-state index in [0.29, 0.717) is 30.0 Å². The molecule has 150 valence electrons. The zero-order valence-electron chi connectivity index (χ0n) is 17.0. The Labute approximate surface area is 164 Å². The standard InChI is InChI=1S/C20H27N5O3/c1-12-6-7-16(14(21)10-12)22-18(26)17-13-11-25(19(27)28-20(2,3)4)9-8-15(13)23-24(17)5/h6-7,10H,8-9,11,21H2,1-5H3,(H,22,26). The van der Waals surface area contributed by atoms with Crippen LogP contribution in [0.25, 0.3) is 0 Å². The molecular weight excluding hydrogens is 358 g/mol. The van der Waals surface area contributed by atoms with Crippen LogP contribution in [0.2, 0.25) is 0 Å². The zero-order valence-corrected chi connectivity index (χ0v) is 17.0. The number of nitrogens with zero attached hydrogens (tertiary/aromatic N) is 3. The SMILES string of the molecule is Cc1ccc(NC(=O)c2c3c(nn2C)CCN(C(=O)OC(C)(C)C)C3)c(N)c1. The number of hydrogen-bond acceptors (Lipinski definition) is 5. The van der Waals surface area contributed by atoms with Crippen molar-refractivity contribution in [1.82, 2.24) is 14.7 Å². The predicted octanol–water partition coefficient (Wildman–Crippen LogP) is 2.86. The van der Waals surface area contributed by atoms with Crippen molar-refractivity contribution in [3.05, 3.63) is 40.7 Å². The summed E-state index contributed by atoms with van der Waals surface area (Å²) in [5.74, 6) is -0.308. The van der Waals surface area contributed by atoms with E-state index < -0.39 is 11.7 Å². The number of aryl methyl sites for hydroxylation is 2. The lowest BCUT2D eigenvalue weighted by atomic mass is 10.0. The molecule has 2 heterocycles. The Bertz CT molecular complexity index is 927. The minimum atomic E-state index is -0.574. The molecule has 0 atom stereocenters. The van der Waals surface area contributed by atoms with Gasteiger partial charge < -0.3 is 20.7 Å². The van der Waals surface area contributed by atoms with Crippen LogP contribution in [-0.4, -0.2) is 38.8 Å². The molecule has 0 spiro atoms. The van der Waals surface area contributed by atoms with Crippen LogP contribution in [0.1, 0.15) is 48.1 Å². The Kier molecular flexibility index (Phi) is 5.06. The molecule has 1 aromatic carbocycles. The molecule has 0 unspecified atom stereocenters. The highest BCUT2D eigenvalue weighted by molar-refractivity contribution is 6.05. The minimum absolute atomic E-state index is 0.282. The second-order valence-corrected chi connectivity index (χ2v) is 8.09. The molecule has 1 aliphatic heterocycles. The van der Waals surface area contributed by atoms with Crippen LogP contribution < -0.4 is 11.1 Å². The van der Waals surface area contributed by atoms with Gasteiger partial charge >= 0.3 is 6.09 Å². The number of hydrogen-bond donors (Lipinski definition) is 2. The summed E-state index contributed by atoms with van der Waals surface area (Å²) in [6.45, 7) is 8.21. The molecule has 0 fully saturated rings. The molecule has 0 saturated carbocycles. The third-order valence-corrected chi connectivity index (χ3v) is 4.52. The first-order chi connectivity index (χ1) is 13.0. The fraction of sp³-hybridized carbons (Fsp3) is 0.450. The molecule has 1 aromatic heterocycles. The number of carbonyl (C=O) groups excluding carboxylic acids is 2. The second-order valence-electron chi connectivity index (χ2n) is 8.09. The van der Waals surface area contributed by atoms with Gasteiger partial charge in [-0.05, 0) is 45.4 Å². The number of ether oxygens (including phenoxy) is 1. The summed E-state index contributed by atoms with van der Waals surface area (Å²) in [6.07, 6.45) is 0.179. The van der Waals surface area contributed by atoms with E-state index in [1.165, 1.54) is 0 Å². The first-order valence-corrected chi connectivity index (χ1v) is 9.25. The van der Waals surface area contributed by atoms with Gasteiger partial charge in [-0.3, -0.25) is 9.48 Å². The summed E-state index contributed by atoms with van der Waals surface area (Å²) in [5, 5.41) is 7.32. The molecule has 8 heteroatoms. The molecule has 3 rings (SSSR count). The van der Waals surface area contributed by atoms with Crippen molar-refractivity contribution < 1.29 is 14.3 Å². The lowest BCUT2D eigenvalue weighted by Crippen LogP contribution is -2.40. The maximum absolute atomic E-state index is 12.9. The van der Waals surface area contributed by atoms with Crippen molar-refractivity contribution in [2.75, 3.05) is 17.6 Å². The third kappa shape index (κ3) is 4.11. The van der Waals surface area contributed by atoms with Gasteiger partial charge in [0, 0.05) is 25.6 Å². The van der Waals surface area contributed by atoms with Crippen LogP contribution >= 0.6 is 0 Å². The van der Waals surface area contributed by atoms with E-state index in [1.807, 2.05) is 33.8 Å². The average Bonchev–Trinajstić information content (AvgIpc) is 2.90. The molecule has 3 N–H and O–H groups in total. The molecule has 2 aromatic rings. The van der Waals surface area contributed by atoms with E-state index in [2.05, 4.69) is 10.4 Å². The molecule has 28 heavy (non-hydrogen) atoms. The summed E-state index contributed by atoms with van der Waals surface area (Å²) in [5.41, 5.74) is 9.48. The van der Waals surface area contributed by atoms with Gasteiger partial charge in [0.1, 0.15) is 11.3 Å². The van der Waals surface area contributed by atoms with Crippen molar-refractivity contribution in [2.24, 2.45) is 7.05 Å². The number of aromatic nitrogens is 2. The van der Waals surface area contributed by atoms with Gasteiger partial charge in [0.25, 0.3) is 5.91 Å². The fourth-order valence-electron chi connectivity index (χ4n) is 3.25. The van der Waals surface area contributed by atoms with E-state index in [-0.39, 0.29) is 12.5 Å². The third-order valence-electron chi connectivity index (χ3n) is 4.52. The molecular formula is C20H27N5O3. The van der Waals surface area contributed by atoms with Crippen molar-refractivity contribution in [3.8, 4) is 0 Å². The van der Waals surface area contributed by atoms with Gasteiger partial charge in [-0.1, -0.05) is 6.07 Å².